The predicted molar refractivity (Wildman–Crippen MR) is 151 cm³/mol. The van der Waals surface area contributed by atoms with Gasteiger partial charge in [0.1, 0.15) is 12.3 Å². The third-order valence-corrected chi connectivity index (χ3v) is 5.32. The van der Waals surface area contributed by atoms with Crippen LogP contribution >= 0.6 is 0 Å². The van der Waals surface area contributed by atoms with Crippen LogP contribution in [0.25, 0.3) is 0 Å². The number of hydrogen-bond donors (Lipinski definition) is 4. The topological polar surface area (TPSA) is 179 Å². The Hall–Kier alpha value is -2.61. The molecule has 0 saturated carbocycles. The molecule has 1 aliphatic heterocycles. The molecule has 0 bridgehead atoms. The van der Waals surface area contributed by atoms with Crippen molar-refractivity contribution in [3.8, 4) is 0 Å². The number of carboxylic acids is 3. The third-order valence-electron chi connectivity index (χ3n) is 5.32. The highest BCUT2D eigenvalue weighted by molar-refractivity contribution is 5.74. The molecule has 13 heteroatoms. The van der Waals surface area contributed by atoms with Crippen LogP contribution in [0.5, 0.6) is 0 Å². The summed E-state index contributed by atoms with van der Waals surface area (Å²) >= 11 is 0. The van der Waals surface area contributed by atoms with Gasteiger partial charge >= 0.3 is 17.9 Å². The standard InChI is InChI=1S/C19H34N4O7.3C2H6.CH2O2/c1-2-20-5-6-21(14-17(25)26)7-8-22(15-18(27)28)10-12-23(11-9-20)16(19(29)30)4-3-13-24;3*1-2;2-1-3/h13,16H,2-12,14-15H2,1H3,(H,25,26)(H,27,28)(H,29,30);3*1-2H3;1H,(H,2,3). The summed E-state index contributed by atoms with van der Waals surface area (Å²) in [6.07, 6.45) is 1.06. The van der Waals surface area contributed by atoms with Gasteiger partial charge in [-0.3, -0.25) is 33.9 Å². The van der Waals surface area contributed by atoms with E-state index in [0.29, 0.717) is 58.6 Å². The molecule has 0 aromatic heterocycles. The van der Waals surface area contributed by atoms with Crippen molar-refractivity contribution >= 4 is 30.7 Å². The smallest absolute Gasteiger partial charge is 0.320 e. The summed E-state index contributed by atoms with van der Waals surface area (Å²) in [6.45, 7) is 17.8. The van der Waals surface area contributed by atoms with E-state index in [0.717, 1.165) is 6.54 Å². The largest absolute Gasteiger partial charge is 0.483 e. The van der Waals surface area contributed by atoms with Crippen LogP contribution in [-0.4, -0.2) is 149 Å². The monoisotopic (exact) mass is 566 g/mol. The molecule has 0 aromatic rings. The lowest BCUT2D eigenvalue weighted by Gasteiger charge is -2.35. The Kier molecular flexibility index (Phi) is 35.2. The summed E-state index contributed by atoms with van der Waals surface area (Å²) < 4.78 is 0. The van der Waals surface area contributed by atoms with Gasteiger partial charge in [-0.1, -0.05) is 48.5 Å². The second kappa shape index (κ2) is 31.6. The Bertz CT molecular complexity index is 624. The minimum Gasteiger partial charge on any atom is -0.483 e. The van der Waals surface area contributed by atoms with Gasteiger partial charge in [-0.05, 0) is 13.0 Å². The minimum absolute atomic E-state index is 0.114. The number of carboxylic acid groups (broad SMARTS) is 4. The zero-order valence-electron chi connectivity index (χ0n) is 25.0. The molecule has 0 radical (unpaired) electrons. The van der Waals surface area contributed by atoms with Crippen LogP contribution in [-0.2, 0) is 24.0 Å². The number of aliphatic carboxylic acids is 3. The van der Waals surface area contributed by atoms with Crippen LogP contribution in [0.1, 0.15) is 61.3 Å². The summed E-state index contributed by atoms with van der Waals surface area (Å²) in [5.41, 5.74) is 0. The molecule has 0 spiro atoms. The first-order valence-electron chi connectivity index (χ1n) is 13.8. The van der Waals surface area contributed by atoms with E-state index in [1.54, 1.807) is 14.7 Å². The number of likely N-dealkylation sites (N-methyl/N-ethyl adjacent to an activating group) is 1. The number of rotatable bonds is 10. The number of aldehydes is 1. The van der Waals surface area contributed by atoms with E-state index in [1.165, 1.54) is 0 Å². The SMILES string of the molecule is CC.CC.CC.CCN1CCN(CC(=O)O)CCN(CC(=O)O)CCN(C(CCC=O)C(=O)O)CC1.O=CO. The normalized spacial score (nSPS) is 16.2. The molecule has 0 aromatic carbocycles. The van der Waals surface area contributed by atoms with E-state index in [4.69, 9.17) is 15.0 Å². The maximum Gasteiger partial charge on any atom is 0.320 e. The van der Waals surface area contributed by atoms with E-state index in [-0.39, 0.29) is 32.4 Å². The summed E-state index contributed by atoms with van der Waals surface area (Å²) in [7, 11) is 0. The van der Waals surface area contributed by atoms with Gasteiger partial charge in [0.05, 0.1) is 13.1 Å². The maximum atomic E-state index is 11.8. The van der Waals surface area contributed by atoms with Gasteiger partial charge < -0.3 is 30.1 Å². The van der Waals surface area contributed by atoms with Gasteiger partial charge in [0.25, 0.3) is 6.47 Å². The van der Waals surface area contributed by atoms with Crippen molar-refractivity contribution in [2.24, 2.45) is 0 Å². The van der Waals surface area contributed by atoms with Gasteiger partial charge in [-0.2, -0.15) is 0 Å². The number of carbonyl (C=O) groups is 5. The molecule has 1 fully saturated rings. The molecule has 1 heterocycles. The highest BCUT2D eigenvalue weighted by Crippen LogP contribution is 2.09. The Morgan fingerprint density at radius 1 is 0.692 bits per heavy atom. The highest BCUT2D eigenvalue weighted by atomic mass is 16.4. The van der Waals surface area contributed by atoms with Crippen LogP contribution in [0.2, 0.25) is 0 Å². The third kappa shape index (κ3) is 25.4. The summed E-state index contributed by atoms with van der Waals surface area (Å²) in [5.74, 6) is -2.92. The van der Waals surface area contributed by atoms with E-state index in [9.17, 15) is 29.4 Å². The lowest BCUT2D eigenvalue weighted by Crippen LogP contribution is -2.51. The van der Waals surface area contributed by atoms with Gasteiger partial charge in [-0.15, -0.1) is 0 Å². The Morgan fingerprint density at radius 3 is 1.33 bits per heavy atom. The highest BCUT2D eigenvalue weighted by Gasteiger charge is 2.27. The fraction of sp³-hybridized carbons (Fsp3) is 0.808. The molecule has 39 heavy (non-hydrogen) atoms. The fourth-order valence-electron chi connectivity index (χ4n) is 3.57. The van der Waals surface area contributed by atoms with Crippen molar-refractivity contribution in [1.82, 2.24) is 19.6 Å². The van der Waals surface area contributed by atoms with E-state index in [1.807, 2.05) is 48.5 Å². The molecule has 0 amide bonds. The summed E-state index contributed by atoms with van der Waals surface area (Å²) in [6, 6.07) is -0.813. The zero-order chi connectivity index (χ0) is 31.2. The van der Waals surface area contributed by atoms with Crippen LogP contribution in [0.4, 0.5) is 0 Å². The molecule has 1 rings (SSSR count). The van der Waals surface area contributed by atoms with E-state index >= 15 is 0 Å². The summed E-state index contributed by atoms with van der Waals surface area (Å²) in [4.78, 5) is 60.8. The maximum absolute atomic E-state index is 11.8. The summed E-state index contributed by atoms with van der Waals surface area (Å²) in [5, 5.41) is 34.9. The minimum atomic E-state index is -0.996. The van der Waals surface area contributed by atoms with Crippen molar-refractivity contribution in [2.75, 3.05) is 72.0 Å². The average Bonchev–Trinajstić information content (AvgIpc) is 2.91. The zero-order valence-corrected chi connectivity index (χ0v) is 25.0. The van der Waals surface area contributed by atoms with Gasteiger partial charge in [0.15, 0.2) is 0 Å². The van der Waals surface area contributed by atoms with Crippen LogP contribution in [0.3, 0.4) is 0 Å². The van der Waals surface area contributed by atoms with Crippen LogP contribution in [0.15, 0.2) is 0 Å². The van der Waals surface area contributed by atoms with Crippen LogP contribution < -0.4 is 0 Å². The Morgan fingerprint density at radius 2 is 1.03 bits per heavy atom. The lowest BCUT2D eigenvalue weighted by atomic mass is 10.1. The van der Waals surface area contributed by atoms with Crippen molar-refractivity contribution < 1.29 is 44.4 Å². The fourth-order valence-corrected chi connectivity index (χ4v) is 3.57. The van der Waals surface area contributed by atoms with Crippen molar-refractivity contribution in [1.29, 1.82) is 0 Å². The van der Waals surface area contributed by atoms with Crippen molar-refractivity contribution in [3.05, 3.63) is 0 Å². The Balaban J connectivity index is -0.000000607. The van der Waals surface area contributed by atoms with E-state index < -0.39 is 23.9 Å². The van der Waals surface area contributed by atoms with E-state index in [2.05, 4.69) is 4.90 Å². The molecule has 4 N–H and O–H groups in total. The lowest BCUT2D eigenvalue weighted by molar-refractivity contribution is -0.144. The quantitative estimate of drug-likeness (QED) is 0.280. The number of hydrogen-bond acceptors (Lipinski definition) is 9. The molecular formula is C26H54N4O9. The first-order valence-corrected chi connectivity index (χ1v) is 13.8. The molecule has 232 valence electrons. The predicted octanol–water partition coefficient (Wildman–Crippen LogP) is 1.61. The van der Waals surface area contributed by atoms with Gasteiger partial charge in [0, 0.05) is 58.8 Å². The van der Waals surface area contributed by atoms with Crippen molar-refractivity contribution in [2.45, 2.75) is 67.3 Å². The molecule has 1 saturated heterocycles. The molecule has 1 aliphatic rings. The number of nitrogens with zero attached hydrogens (tertiary/aromatic N) is 4. The molecular weight excluding hydrogens is 512 g/mol. The first-order chi connectivity index (χ1) is 18.7. The van der Waals surface area contributed by atoms with Crippen molar-refractivity contribution in [3.63, 3.8) is 0 Å². The van der Waals surface area contributed by atoms with Gasteiger partial charge in [-0.25, -0.2) is 0 Å². The molecule has 1 unspecified atom stereocenters. The Labute approximate surface area is 234 Å². The second-order valence-electron chi connectivity index (χ2n) is 7.51. The second-order valence-corrected chi connectivity index (χ2v) is 7.51. The average molecular weight is 567 g/mol. The molecule has 1 atom stereocenters. The number of carbonyl (C=O) groups excluding carboxylic acids is 1. The molecule has 0 aliphatic carbocycles. The first kappa shape index (κ1) is 43.4. The van der Waals surface area contributed by atoms with Crippen LogP contribution in [0, 0.1) is 0 Å². The molecule has 13 nitrogen and oxygen atoms in total. The van der Waals surface area contributed by atoms with Gasteiger partial charge in [0.2, 0.25) is 0 Å².